The maximum Gasteiger partial charge on any atom is 0.164 e. The second-order valence-corrected chi connectivity index (χ2v) is 17.8. The van der Waals surface area contributed by atoms with Crippen molar-refractivity contribution in [2.45, 2.75) is 0 Å². The van der Waals surface area contributed by atoms with E-state index in [1.807, 2.05) is 35.6 Å². The summed E-state index contributed by atoms with van der Waals surface area (Å²) >= 11 is 1.81. The Morgan fingerprint density at radius 1 is 0.369 bits per heavy atom. The standard InChI is InChI=1S/C59H34N4OS/c1-2-14-35(15-3-1)57-60-58(39-26-29-54-48(32-39)43-21-10-13-25-53(43)65-54)62-59(61-57)44-28-27-40(63-50-23-11-8-20-42(50)47-30-36-16-4-5-17-37(36)33-51(47)63)34-46(44)49-31-38-18-6-7-19-41(38)56-55(49)45-22-9-12-24-52(45)64-56/h1-34H. The molecule has 0 N–H and O–H groups in total. The van der Waals surface area contributed by atoms with Crippen molar-refractivity contribution in [2.75, 3.05) is 0 Å². The van der Waals surface area contributed by atoms with E-state index in [1.54, 1.807) is 0 Å². The van der Waals surface area contributed by atoms with E-state index in [4.69, 9.17) is 19.4 Å². The first-order chi connectivity index (χ1) is 32.2. The largest absolute Gasteiger partial charge is 0.455 e. The van der Waals surface area contributed by atoms with Crippen LogP contribution in [0.3, 0.4) is 0 Å². The van der Waals surface area contributed by atoms with Crippen LogP contribution in [0.4, 0.5) is 0 Å². The molecule has 0 unspecified atom stereocenters. The van der Waals surface area contributed by atoms with E-state index in [1.165, 1.54) is 41.7 Å². The summed E-state index contributed by atoms with van der Waals surface area (Å²) in [6.07, 6.45) is 0. The predicted molar refractivity (Wildman–Crippen MR) is 271 cm³/mol. The van der Waals surface area contributed by atoms with Gasteiger partial charge in [-0.1, -0.05) is 133 Å². The third kappa shape index (κ3) is 5.61. The van der Waals surface area contributed by atoms with Crippen molar-refractivity contribution in [3.05, 3.63) is 206 Å². The van der Waals surface area contributed by atoms with Gasteiger partial charge in [0.1, 0.15) is 11.2 Å². The van der Waals surface area contributed by atoms with Crippen LogP contribution >= 0.6 is 11.3 Å². The zero-order valence-electron chi connectivity index (χ0n) is 34.7. The van der Waals surface area contributed by atoms with Crippen LogP contribution in [0, 0.1) is 0 Å². The minimum atomic E-state index is 0.591. The highest BCUT2D eigenvalue weighted by atomic mass is 32.1. The minimum Gasteiger partial charge on any atom is -0.455 e. The molecule has 4 aromatic heterocycles. The third-order valence-electron chi connectivity index (χ3n) is 13.0. The lowest BCUT2D eigenvalue weighted by molar-refractivity contribution is 0.673. The lowest BCUT2D eigenvalue weighted by Crippen LogP contribution is -2.02. The smallest absolute Gasteiger partial charge is 0.164 e. The molecule has 0 aliphatic rings. The molecule has 0 radical (unpaired) electrons. The second kappa shape index (κ2) is 14.0. The number of nitrogens with zero attached hydrogens (tertiary/aromatic N) is 4. The molecule has 10 aromatic carbocycles. The average molecular weight is 847 g/mol. The van der Waals surface area contributed by atoms with E-state index in [0.717, 1.165) is 77.2 Å². The molecule has 302 valence electrons. The fourth-order valence-corrected chi connectivity index (χ4v) is 11.1. The number of para-hydroxylation sites is 2. The molecule has 0 bridgehead atoms. The zero-order valence-corrected chi connectivity index (χ0v) is 35.6. The van der Waals surface area contributed by atoms with Gasteiger partial charge in [-0.3, -0.25) is 0 Å². The molecule has 0 amide bonds. The van der Waals surface area contributed by atoms with E-state index >= 15 is 0 Å². The Bertz CT molecular complexity index is 4260. The SMILES string of the molecule is c1ccc(-c2nc(-c3ccc4sc5ccccc5c4c3)nc(-c3ccc(-n4c5ccccc5c5cc6ccccc6cc54)cc3-c3cc4ccccc4c4oc5ccccc5c34)n2)cc1. The van der Waals surface area contributed by atoms with Crippen molar-refractivity contribution >= 4 is 96.8 Å². The van der Waals surface area contributed by atoms with E-state index < -0.39 is 0 Å². The number of hydrogen-bond acceptors (Lipinski definition) is 5. The van der Waals surface area contributed by atoms with Crippen LogP contribution in [-0.2, 0) is 0 Å². The molecule has 6 heteroatoms. The number of benzene rings is 10. The van der Waals surface area contributed by atoms with Gasteiger partial charge in [0.25, 0.3) is 0 Å². The molecule has 0 aliphatic carbocycles. The first-order valence-corrected chi connectivity index (χ1v) is 22.7. The van der Waals surface area contributed by atoms with Crippen molar-refractivity contribution < 1.29 is 4.42 Å². The van der Waals surface area contributed by atoms with E-state index in [0.29, 0.717) is 17.5 Å². The van der Waals surface area contributed by atoms with E-state index in [2.05, 4.69) is 187 Å². The molecule has 65 heavy (non-hydrogen) atoms. The van der Waals surface area contributed by atoms with Crippen molar-refractivity contribution in [1.29, 1.82) is 0 Å². The minimum absolute atomic E-state index is 0.591. The van der Waals surface area contributed by atoms with Crippen LogP contribution in [-0.4, -0.2) is 19.5 Å². The molecule has 0 aliphatic heterocycles. The summed E-state index contributed by atoms with van der Waals surface area (Å²) in [7, 11) is 0. The lowest BCUT2D eigenvalue weighted by atomic mass is 9.91. The summed E-state index contributed by atoms with van der Waals surface area (Å²) in [6, 6.07) is 73.3. The normalized spacial score (nSPS) is 12.0. The highest BCUT2D eigenvalue weighted by Crippen LogP contribution is 2.46. The van der Waals surface area contributed by atoms with Gasteiger partial charge < -0.3 is 8.98 Å². The second-order valence-electron chi connectivity index (χ2n) is 16.7. The number of aromatic nitrogens is 4. The van der Waals surface area contributed by atoms with E-state index in [9.17, 15) is 0 Å². The van der Waals surface area contributed by atoms with Crippen molar-refractivity contribution in [3.8, 4) is 51.0 Å². The van der Waals surface area contributed by atoms with Crippen LogP contribution in [0.25, 0.3) is 136 Å². The molecule has 0 atom stereocenters. The molecule has 0 saturated heterocycles. The number of fused-ring (bicyclic) bond motifs is 12. The average Bonchev–Trinajstić information content (AvgIpc) is 4.05. The first-order valence-electron chi connectivity index (χ1n) is 21.8. The predicted octanol–water partition coefficient (Wildman–Crippen LogP) is 16.2. The lowest BCUT2D eigenvalue weighted by Gasteiger charge is -2.17. The Kier molecular flexibility index (Phi) is 7.79. The van der Waals surface area contributed by atoms with Crippen LogP contribution in [0.2, 0.25) is 0 Å². The molecular weight excluding hydrogens is 813 g/mol. The third-order valence-corrected chi connectivity index (χ3v) is 14.2. The Hall–Kier alpha value is -8.45. The van der Waals surface area contributed by atoms with Gasteiger partial charge in [0.15, 0.2) is 17.5 Å². The fraction of sp³-hybridized carbons (Fsp3) is 0. The summed E-state index contributed by atoms with van der Waals surface area (Å²) < 4.78 is 11.7. The Balaban J connectivity index is 1.09. The zero-order chi connectivity index (χ0) is 42.6. The molecular formula is C59H34N4OS. The van der Waals surface area contributed by atoms with Crippen LogP contribution in [0.15, 0.2) is 211 Å². The fourth-order valence-electron chi connectivity index (χ4n) is 10.0. The number of hydrogen-bond donors (Lipinski definition) is 0. The summed E-state index contributed by atoms with van der Waals surface area (Å²) in [5.74, 6) is 1.82. The molecule has 0 saturated carbocycles. The van der Waals surface area contributed by atoms with Crippen LogP contribution in [0.5, 0.6) is 0 Å². The Morgan fingerprint density at radius 3 is 1.89 bits per heavy atom. The van der Waals surface area contributed by atoms with Gasteiger partial charge >= 0.3 is 0 Å². The number of rotatable bonds is 5. The van der Waals surface area contributed by atoms with Crippen molar-refractivity contribution in [2.24, 2.45) is 0 Å². The first kappa shape index (κ1) is 36.1. The number of thiophene rings is 1. The van der Waals surface area contributed by atoms with Gasteiger partial charge in [-0.2, -0.15) is 0 Å². The summed E-state index contributed by atoms with van der Waals surface area (Å²) in [5, 5.41) is 11.5. The van der Waals surface area contributed by atoms with Crippen LogP contribution < -0.4 is 0 Å². The monoisotopic (exact) mass is 846 g/mol. The molecule has 0 spiro atoms. The molecule has 14 rings (SSSR count). The molecule has 14 aromatic rings. The number of furan rings is 1. The topological polar surface area (TPSA) is 56.7 Å². The maximum absolute atomic E-state index is 6.80. The van der Waals surface area contributed by atoms with Gasteiger partial charge in [0.05, 0.1) is 11.0 Å². The molecule has 5 nitrogen and oxygen atoms in total. The molecule has 4 heterocycles. The molecule has 0 fully saturated rings. The van der Waals surface area contributed by atoms with Gasteiger partial charge in [0, 0.05) is 69.5 Å². The van der Waals surface area contributed by atoms with Gasteiger partial charge in [0.2, 0.25) is 0 Å². The summed E-state index contributed by atoms with van der Waals surface area (Å²) in [5.41, 5.74) is 9.80. The summed E-state index contributed by atoms with van der Waals surface area (Å²) in [4.78, 5) is 16.0. The van der Waals surface area contributed by atoms with Gasteiger partial charge in [-0.25, -0.2) is 15.0 Å². The maximum atomic E-state index is 6.80. The van der Waals surface area contributed by atoms with Crippen molar-refractivity contribution in [3.63, 3.8) is 0 Å². The van der Waals surface area contributed by atoms with Gasteiger partial charge in [-0.05, 0) is 100 Å². The highest BCUT2D eigenvalue weighted by molar-refractivity contribution is 7.25. The summed E-state index contributed by atoms with van der Waals surface area (Å²) in [6.45, 7) is 0. The highest BCUT2D eigenvalue weighted by Gasteiger charge is 2.23. The van der Waals surface area contributed by atoms with Crippen LogP contribution in [0.1, 0.15) is 0 Å². The quantitative estimate of drug-likeness (QED) is 0.173. The van der Waals surface area contributed by atoms with Gasteiger partial charge in [-0.15, -0.1) is 11.3 Å². The van der Waals surface area contributed by atoms with Crippen molar-refractivity contribution in [1.82, 2.24) is 19.5 Å². The Labute approximate surface area is 376 Å². The van der Waals surface area contributed by atoms with E-state index in [-0.39, 0.29) is 0 Å². The Morgan fingerprint density at radius 2 is 1.03 bits per heavy atom.